The van der Waals surface area contributed by atoms with Crippen LogP contribution >= 0.6 is 11.3 Å². The summed E-state index contributed by atoms with van der Waals surface area (Å²) in [6.45, 7) is 9.03. The predicted molar refractivity (Wildman–Crippen MR) is 153 cm³/mol. The summed E-state index contributed by atoms with van der Waals surface area (Å²) in [5, 5.41) is 9.89. The summed E-state index contributed by atoms with van der Waals surface area (Å²) in [5.74, 6) is 1.98. The molecule has 0 saturated heterocycles. The van der Waals surface area contributed by atoms with Crippen LogP contribution in [-0.2, 0) is 4.79 Å². The highest BCUT2D eigenvalue weighted by atomic mass is 32.1. The molecule has 1 heterocycles. The zero-order chi connectivity index (χ0) is 26.5. The number of benzene rings is 3. The lowest BCUT2D eigenvalue weighted by Gasteiger charge is -2.16. The lowest BCUT2D eigenvalue weighted by atomic mass is 9.96. The van der Waals surface area contributed by atoms with E-state index in [1.807, 2.05) is 36.4 Å². The topological polar surface area (TPSA) is 81.8 Å². The number of aliphatic carboxylic acids is 1. The molecule has 3 N–H and O–H groups in total. The Morgan fingerprint density at radius 3 is 2.38 bits per heavy atom. The van der Waals surface area contributed by atoms with Crippen molar-refractivity contribution in [1.29, 1.82) is 0 Å². The van der Waals surface area contributed by atoms with Crippen LogP contribution in [0.4, 0.5) is 0 Å². The zero-order valence-electron chi connectivity index (χ0n) is 21.6. The van der Waals surface area contributed by atoms with E-state index in [0.29, 0.717) is 24.2 Å². The lowest BCUT2D eigenvalue weighted by molar-refractivity contribution is -0.131. The van der Waals surface area contributed by atoms with Crippen molar-refractivity contribution in [2.24, 2.45) is 11.7 Å². The first-order chi connectivity index (χ1) is 17.7. The summed E-state index contributed by atoms with van der Waals surface area (Å²) in [4.78, 5) is 11.9. The third-order valence-electron chi connectivity index (χ3n) is 6.26. The van der Waals surface area contributed by atoms with Crippen LogP contribution < -0.4 is 15.2 Å². The SMILES string of the molecule is CC(C)c1ccccc1-c1sc2cc(OC[C@@H](N)C(C)C)ccc2c1Oc1ccc(/C=C/C(=O)O)cc1. The molecule has 0 aliphatic carbocycles. The van der Waals surface area contributed by atoms with Gasteiger partial charge in [0.05, 0.1) is 4.88 Å². The average Bonchev–Trinajstić information content (AvgIpc) is 3.23. The van der Waals surface area contributed by atoms with Crippen LogP contribution in [0.15, 0.2) is 72.8 Å². The van der Waals surface area contributed by atoms with Crippen molar-refractivity contribution in [1.82, 2.24) is 0 Å². The first-order valence-electron chi connectivity index (χ1n) is 12.5. The Balaban J connectivity index is 1.75. The van der Waals surface area contributed by atoms with Crippen LogP contribution in [-0.4, -0.2) is 23.7 Å². The largest absolute Gasteiger partial charge is 0.492 e. The van der Waals surface area contributed by atoms with Gasteiger partial charge in [-0.3, -0.25) is 0 Å². The maximum absolute atomic E-state index is 10.8. The monoisotopic (exact) mass is 515 g/mol. The molecule has 0 aliphatic rings. The normalized spacial score (nSPS) is 12.5. The summed E-state index contributed by atoms with van der Waals surface area (Å²) in [5.41, 5.74) is 9.38. The highest BCUT2D eigenvalue weighted by molar-refractivity contribution is 7.22. The molecule has 1 aromatic heterocycles. The quantitative estimate of drug-likeness (QED) is 0.210. The van der Waals surface area contributed by atoms with Crippen molar-refractivity contribution in [3.63, 3.8) is 0 Å². The molecule has 0 aliphatic heterocycles. The van der Waals surface area contributed by atoms with Gasteiger partial charge in [-0.15, -0.1) is 11.3 Å². The van der Waals surface area contributed by atoms with Gasteiger partial charge in [-0.25, -0.2) is 4.79 Å². The van der Waals surface area contributed by atoms with E-state index in [0.717, 1.165) is 43.7 Å². The van der Waals surface area contributed by atoms with Crippen LogP contribution in [0.5, 0.6) is 17.2 Å². The number of rotatable bonds is 10. The van der Waals surface area contributed by atoms with E-state index in [2.05, 4.69) is 58.0 Å². The van der Waals surface area contributed by atoms with Gasteiger partial charge in [0.25, 0.3) is 0 Å². The molecule has 1 atom stereocenters. The molecule has 4 aromatic rings. The van der Waals surface area contributed by atoms with E-state index in [-0.39, 0.29) is 6.04 Å². The molecule has 0 saturated carbocycles. The van der Waals surface area contributed by atoms with E-state index in [4.69, 9.17) is 20.3 Å². The number of carboxylic acids is 1. The van der Waals surface area contributed by atoms with Gasteiger partial charge < -0.3 is 20.3 Å². The molecule has 0 radical (unpaired) electrons. The number of carbonyl (C=O) groups is 1. The molecular weight excluding hydrogens is 482 g/mol. The summed E-state index contributed by atoms with van der Waals surface area (Å²) in [6.07, 6.45) is 2.68. The van der Waals surface area contributed by atoms with Gasteiger partial charge in [0.2, 0.25) is 0 Å². The second kappa shape index (κ2) is 11.6. The van der Waals surface area contributed by atoms with Crippen molar-refractivity contribution in [3.8, 4) is 27.7 Å². The molecule has 0 spiro atoms. The molecule has 4 rings (SSSR count). The van der Waals surface area contributed by atoms with Gasteiger partial charge in [-0.2, -0.15) is 0 Å². The van der Waals surface area contributed by atoms with Gasteiger partial charge >= 0.3 is 5.97 Å². The molecule has 0 amide bonds. The van der Waals surface area contributed by atoms with E-state index in [1.165, 1.54) is 5.56 Å². The van der Waals surface area contributed by atoms with Gasteiger partial charge in [0.1, 0.15) is 18.1 Å². The molecule has 6 heteroatoms. The average molecular weight is 516 g/mol. The minimum Gasteiger partial charge on any atom is -0.492 e. The summed E-state index contributed by atoms with van der Waals surface area (Å²) in [7, 11) is 0. The minimum atomic E-state index is -0.979. The second-order valence-corrected chi connectivity index (χ2v) is 10.8. The molecule has 0 fully saturated rings. The van der Waals surface area contributed by atoms with Crippen molar-refractivity contribution in [2.75, 3.05) is 6.61 Å². The Labute approximate surface area is 222 Å². The fourth-order valence-electron chi connectivity index (χ4n) is 3.95. The predicted octanol–water partition coefficient (Wildman–Crippen LogP) is 7.94. The van der Waals surface area contributed by atoms with Crippen molar-refractivity contribution < 1.29 is 19.4 Å². The minimum absolute atomic E-state index is 0.0280. The lowest BCUT2D eigenvalue weighted by Crippen LogP contribution is -2.32. The highest BCUT2D eigenvalue weighted by Crippen LogP contribution is 2.48. The van der Waals surface area contributed by atoms with Gasteiger partial charge in [0, 0.05) is 22.2 Å². The fraction of sp³-hybridized carbons (Fsp3) is 0.258. The van der Waals surface area contributed by atoms with E-state index >= 15 is 0 Å². The fourth-order valence-corrected chi connectivity index (χ4v) is 5.15. The number of fused-ring (bicyclic) bond motifs is 1. The molecule has 0 bridgehead atoms. The Kier molecular flexibility index (Phi) is 8.31. The molecule has 37 heavy (non-hydrogen) atoms. The van der Waals surface area contributed by atoms with Crippen LogP contribution in [0.25, 0.3) is 26.6 Å². The highest BCUT2D eigenvalue weighted by Gasteiger charge is 2.20. The Morgan fingerprint density at radius 2 is 1.70 bits per heavy atom. The molecule has 192 valence electrons. The third-order valence-corrected chi connectivity index (χ3v) is 7.43. The van der Waals surface area contributed by atoms with Crippen LogP contribution in [0.2, 0.25) is 0 Å². The molecular formula is C31H33NO4S. The molecule has 3 aromatic carbocycles. The number of thiophene rings is 1. The molecule has 0 unspecified atom stereocenters. The van der Waals surface area contributed by atoms with Crippen LogP contribution in [0.3, 0.4) is 0 Å². The zero-order valence-corrected chi connectivity index (χ0v) is 22.4. The van der Waals surface area contributed by atoms with E-state index < -0.39 is 5.97 Å². The van der Waals surface area contributed by atoms with Gasteiger partial charge in [0.15, 0.2) is 5.75 Å². The number of nitrogens with two attached hydrogens (primary N) is 1. The maximum Gasteiger partial charge on any atom is 0.328 e. The Morgan fingerprint density at radius 1 is 1.00 bits per heavy atom. The first kappa shape index (κ1) is 26.5. The van der Waals surface area contributed by atoms with Gasteiger partial charge in [-0.05, 0) is 64.9 Å². The smallest absolute Gasteiger partial charge is 0.328 e. The number of carboxylic acid groups (broad SMARTS) is 1. The number of hydrogen-bond donors (Lipinski definition) is 2. The third kappa shape index (κ3) is 6.40. The second-order valence-electron chi connectivity index (χ2n) is 9.72. The Bertz CT molecular complexity index is 1400. The number of ether oxygens (including phenoxy) is 2. The summed E-state index contributed by atoms with van der Waals surface area (Å²) < 4.78 is 13.6. The summed E-state index contributed by atoms with van der Waals surface area (Å²) >= 11 is 1.68. The van der Waals surface area contributed by atoms with E-state index in [1.54, 1.807) is 17.4 Å². The van der Waals surface area contributed by atoms with Crippen molar-refractivity contribution >= 4 is 33.5 Å². The maximum atomic E-state index is 10.8. The molecule has 5 nitrogen and oxygen atoms in total. The van der Waals surface area contributed by atoms with Crippen molar-refractivity contribution in [2.45, 2.75) is 39.7 Å². The van der Waals surface area contributed by atoms with Crippen molar-refractivity contribution in [3.05, 3.63) is 83.9 Å². The summed E-state index contributed by atoms with van der Waals surface area (Å²) in [6, 6.07) is 21.9. The standard InChI is InChI=1S/C31H33NO4S/c1-19(2)24-7-5-6-8-25(24)31-30(36-22-12-9-21(10-13-22)11-16-29(33)34)26-15-14-23(17-28(26)37-31)35-18-27(32)20(3)4/h5-17,19-20,27H,18,32H2,1-4H3,(H,33,34)/b16-11+/t27-/m1/s1. The van der Waals surface area contributed by atoms with Gasteiger partial charge in [-0.1, -0.05) is 64.1 Å². The van der Waals surface area contributed by atoms with E-state index in [9.17, 15) is 4.79 Å². The first-order valence-corrected chi connectivity index (χ1v) is 13.3. The number of hydrogen-bond acceptors (Lipinski definition) is 5. The Hall–Kier alpha value is -3.61. The van der Waals surface area contributed by atoms with Crippen LogP contribution in [0.1, 0.15) is 44.7 Å². The van der Waals surface area contributed by atoms with Crippen LogP contribution in [0, 0.1) is 5.92 Å².